The van der Waals surface area contributed by atoms with E-state index in [1.165, 1.54) is 0 Å². The quantitative estimate of drug-likeness (QED) is 0.820. The SMILES string of the molecule is CCOC(=O)C1CCCN(C(=O)c2cc(Cn3nc(C)cc3C)[nH]n2)C1. The normalized spacial score (nSPS) is 17.3. The van der Waals surface area contributed by atoms with Crippen molar-refractivity contribution in [2.24, 2.45) is 5.92 Å². The molecule has 1 amide bonds. The summed E-state index contributed by atoms with van der Waals surface area (Å²) in [7, 11) is 0. The van der Waals surface area contributed by atoms with Crippen molar-refractivity contribution in [2.45, 2.75) is 40.2 Å². The van der Waals surface area contributed by atoms with Crippen molar-refractivity contribution in [1.29, 1.82) is 0 Å². The van der Waals surface area contributed by atoms with Crippen LogP contribution in [0.2, 0.25) is 0 Å². The Morgan fingerprint density at radius 1 is 1.35 bits per heavy atom. The van der Waals surface area contributed by atoms with E-state index in [1.54, 1.807) is 17.9 Å². The number of hydrogen-bond donors (Lipinski definition) is 1. The van der Waals surface area contributed by atoms with Gasteiger partial charge in [0.1, 0.15) is 5.69 Å². The van der Waals surface area contributed by atoms with E-state index in [0.29, 0.717) is 31.9 Å². The minimum Gasteiger partial charge on any atom is -0.466 e. The molecule has 3 heterocycles. The van der Waals surface area contributed by atoms with Crippen molar-refractivity contribution in [2.75, 3.05) is 19.7 Å². The van der Waals surface area contributed by atoms with Gasteiger partial charge in [-0.15, -0.1) is 0 Å². The van der Waals surface area contributed by atoms with Crippen LogP contribution in [0.4, 0.5) is 0 Å². The third-order valence-corrected chi connectivity index (χ3v) is 4.60. The van der Waals surface area contributed by atoms with E-state index in [0.717, 1.165) is 29.9 Å². The maximum absolute atomic E-state index is 12.7. The van der Waals surface area contributed by atoms with E-state index in [1.807, 2.05) is 24.6 Å². The standard InChI is InChI=1S/C18H25N5O3/c1-4-26-18(25)14-6-5-7-22(10-14)17(24)16-9-15(19-20-16)11-23-13(3)8-12(2)21-23/h8-9,14H,4-7,10-11H2,1-3H3,(H,19,20). The van der Waals surface area contributed by atoms with Gasteiger partial charge in [-0.25, -0.2) is 0 Å². The van der Waals surface area contributed by atoms with Gasteiger partial charge in [-0.1, -0.05) is 0 Å². The van der Waals surface area contributed by atoms with E-state index in [4.69, 9.17) is 4.74 Å². The van der Waals surface area contributed by atoms with Gasteiger partial charge in [-0.3, -0.25) is 19.4 Å². The molecule has 0 radical (unpaired) electrons. The Morgan fingerprint density at radius 2 is 2.15 bits per heavy atom. The first-order valence-corrected chi connectivity index (χ1v) is 8.99. The number of H-pyrrole nitrogens is 1. The van der Waals surface area contributed by atoms with E-state index in [2.05, 4.69) is 15.3 Å². The summed E-state index contributed by atoms with van der Waals surface area (Å²) in [6.45, 7) is 7.64. The fraction of sp³-hybridized carbons (Fsp3) is 0.556. The zero-order valence-corrected chi connectivity index (χ0v) is 15.5. The van der Waals surface area contributed by atoms with Crippen LogP contribution in [0.15, 0.2) is 12.1 Å². The van der Waals surface area contributed by atoms with Crippen LogP contribution >= 0.6 is 0 Å². The molecular weight excluding hydrogens is 334 g/mol. The van der Waals surface area contributed by atoms with E-state index in [9.17, 15) is 9.59 Å². The molecular formula is C18H25N5O3. The predicted octanol–water partition coefficient (Wildman–Crippen LogP) is 1.69. The number of esters is 1. The Balaban J connectivity index is 1.65. The largest absolute Gasteiger partial charge is 0.466 e. The zero-order valence-electron chi connectivity index (χ0n) is 15.5. The minimum absolute atomic E-state index is 0.158. The lowest BCUT2D eigenvalue weighted by atomic mass is 9.98. The van der Waals surface area contributed by atoms with Crippen molar-refractivity contribution >= 4 is 11.9 Å². The molecule has 0 aromatic carbocycles. The lowest BCUT2D eigenvalue weighted by molar-refractivity contribution is -0.149. The second-order valence-corrected chi connectivity index (χ2v) is 6.71. The molecule has 1 aliphatic rings. The van der Waals surface area contributed by atoms with Gasteiger partial charge in [0.25, 0.3) is 5.91 Å². The van der Waals surface area contributed by atoms with Gasteiger partial charge in [0.2, 0.25) is 0 Å². The molecule has 1 unspecified atom stereocenters. The number of rotatable bonds is 5. The number of hydrogen-bond acceptors (Lipinski definition) is 5. The first kappa shape index (κ1) is 18.2. The number of nitrogens with one attached hydrogen (secondary N) is 1. The summed E-state index contributed by atoms with van der Waals surface area (Å²) in [6.07, 6.45) is 1.55. The summed E-state index contributed by atoms with van der Waals surface area (Å²) < 4.78 is 6.96. The average molecular weight is 359 g/mol. The van der Waals surface area contributed by atoms with Gasteiger partial charge in [0.05, 0.1) is 30.5 Å². The van der Waals surface area contributed by atoms with Crippen LogP contribution in [0, 0.1) is 19.8 Å². The van der Waals surface area contributed by atoms with E-state index < -0.39 is 0 Å². The Bertz CT molecular complexity index is 795. The summed E-state index contributed by atoms with van der Waals surface area (Å²) in [5.41, 5.74) is 3.19. The molecule has 8 heteroatoms. The first-order chi connectivity index (χ1) is 12.5. The van der Waals surface area contributed by atoms with Gasteiger partial charge in [0, 0.05) is 18.8 Å². The highest BCUT2D eigenvalue weighted by Gasteiger charge is 2.30. The highest BCUT2D eigenvalue weighted by Crippen LogP contribution is 2.20. The van der Waals surface area contributed by atoms with Crippen molar-refractivity contribution < 1.29 is 14.3 Å². The van der Waals surface area contributed by atoms with Gasteiger partial charge in [-0.2, -0.15) is 10.2 Å². The van der Waals surface area contributed by atoms with Gasteiger partial charge in [-0.05, 0) is 45.7 Å². The number of piperidine rings is 1. The maximum Gasteiger partial charge on any atom is 0.310 e. The summed E-state index contributed by atoms with van der Waals surface area (Å²) in [6, 6.07) is 3.76. The minimum atomic E-state index is -0.249. The predicted molar refractivity (Wildman–Crippen MR) is 94.7 cm³/mol. The number of amides is 1. The monoisotopic (exact) mass is 359 g/mol. The third kappa shape index (κ3) is 3.95. The fourth-order valence-electron chi connectivity index (χ4n) is 3.32. The first-order valence-electron chi connectivity index (χ1n) is 8.99. The summed E-state index contributed by atoms with van der Waals surface area (Å²) in [4.78, 5) is 26.4. The van der Waals surface area contributed by atoms with Crippen molar-refractivity contribution in [3.05, 3.63) is 34.9 Å². The Labute approximate surface area is 152 Å². The van der Waals surface area contributed by atoms with Crippen LogP contribution < -0.4 is 0 Å². The molecule has 2 aromatic heterocycles. The van der Waals surface area contributed by atoms with Crippen LogP contribution in [0.3, 0.4) is 0 Å². The van der Waals surface area contributed by atoms with Gasteiger partial charge >= 0.3 is 5.97 Å². The molecule has 1 N–H and O–H groups in total. The molecule has 0 spiro atoms. The van der Waals surface area contributed by atoms with E-state index in [-0.39, 0.29) is 17.8 Å². The Hall–Kier alpha value is -2.64. The molecule has 1 aliphatic heterocycles. The van der Waals surface area contributed by atoms with Crippen LogP contribution in [-0.2, 0) is 16.1 Å². The Kier molecular flexibility index (Phi) is 5.39. The molecule has 0 bridgehead atoms. The number of aromatic nitrogens is 4. The van der Waals surface area contributed by atoms with Crippen molar-refractivity contribution in [3.8, 4) is 0 Å². The number of likely N-dealkylation sites (tertiary alicyclic amines) is 1. The molecule has 0 aliphatic carbocycles. The van der Waals surface area contributed by atoms with Crippen molar-refractivity contribution in [1.82, 2.24) is 24.9 Å². The van der Waals surface area contributed by atoms with Gasteiger partial charge < -0.3 is 9.64 Å². The second kappa shape index (κ2) is 7.72. The number of carbonyl (C=O) groups is 2. The molecule has 140 valence electrons. The molecule has 0 saturated carbocycles. The smallest absolute Gasteiger partial charge is 0.310 e. The molecule has 1 saturated heterocycles. The zero-order chi connectivity index (χ0) is 18.7. The lowest BCUT2D eigenvalue weighted by Crippen LogP contribution is -2.43. The highest BCUT2D eigenvalue weighted by molar-refractivity contribution is 5.92. The van der Waals surface area contributed by atoms with Crippen LogP contribution in [0.25, 0.3) is 0 Å². The molecule has 3 rings (SSSR count). The third-order valence-electron chi connectivity index (χ3n) is 4.60. The van der Waals surface area contributed by atoms with Crippen LogP contribution in [-0.4, -0.2) is 56.5 Å². The number of aryl methyl sites for hydroxylation is 2. The number of nitrogens with zero attached hydrogens (tertiary/aromatic N) is 4. The second-order valence-electron chi connectivity index (χ2n) is 6.71. The number of aromatic amines is 1. The van der Waals surface area contributed by atoms with Crippen LogP contribution in [0.5, 0.6) is 0 Å². The molecule has 2 aromatic rings. The lowest BCUT2D eigenvalue weighted by Gasteiger charge is -2.31. The summed E-state index contributed by atoms with van der Waals surface area (Å²) >= 11 is 0. The van der Waals surface area contributed by atoms with Crippen molar-refractivity contribution in [3.63, 3.8) is 0 Å². The average Bonchev–Trinajstić information content (AvgIpc) is 3.21. The maximum atomic E-state index is 12.7. The number of carbonyl (C=O) groups excluding carboxylic acids is 2. The molecule has 1 fully saturated rings. The summed E-state index contributed by atoms with van der Waals surface area (Å²) in [5.74, 6) is -0.632. The summed E-state index contributed by atoms with van der Waals surface area (Å²) in [5, 5.41) is 11.5. The molecule has 26 heavy (non-hydrogen) atoms. The molecule has 8 nitrogen and oxygen atoms in total. The topological polar surface area (TPSA) is 93.1 Å². The highest BCUT2D eigenvalue weighted by atomic mass is 16.5. The van der Waals surface area contributed by atoms with Gasteiger partial charge in [0.15, 0.2) is 0 Å². The number of ether oxygens (including phenoxy) is 1. The fourth-order valence-corrected chi connectivity index (χ4v) is 3.32. The van der Waals surface area contributed by atoms with Crippen LogP contribution in [0.1, 0.15) is 47.3 Å². The van der Waals surface area contributed by atoms with E-state index >= 15 is 0 Å². The molecule has 1 atom stereocenters. The Morgan fingerprint density at radius 3 is 2.85 bits per heavy atom.